The number of nitrogens with one attached hydrogen (secondary N) is 1. The molecule has 5 N–H and O–H groups in total. The molecule has 10 nitrogen and oxygen atoms in total. The van der Waals surface area contributed by atoms with Crippen molar-refractivity contribution in [3.8, 4) is 23.0 Å². The first-order chi connectivity index (χ1) is 13.2. The van der Waals surface area contributed by atoms with Crippen LogP contribution in [0.15, 0.2) is 23.1 Å². The molecule has 0 unspecified atom stereocenters. The Bertz CT molecular complexity index is 942. The number of methoxy groups -OCH3 is 3. The molecular formula is C18H20N2O8. The number of carbonyl (C=O) groups excluding carboxylic acids is 2. The van der Waals surface area contributed by atoms with Gasteiger partial charge in [-0.1, -0.05) is 0 Å². The van der Waals surface area contributed by atoms with E-state index in [0.29, 0.717) is 0 Å². The van der Waals surface area contributed by atoms with Crippen LogP contribution in [0.2, 0.25) is 0 Å². The third-order valence-corrected chi connectivity index (χ3v) is 4.17. The van der Waals surface area contributed by atoms with E-state index in [-0.39, 0.29) is 40.4 Å². The third-order valence-electron chi connectivity index (χ3n) is 4.17. The minimum absolute atomic E-state index is 0.0175. The number of phenolic OH excluding ortho intramolecular Hbond substituents is 1. The number of aromatic hydroxyl groups is 2. The fourth-order valence-corrected chi connectivity index (χ4v) is 2.83. The van der Waals surface area contributed by atoms with Crippen LogP contribution in [-0.2, 0) is 9.53 Å². The van der Waals surface area contributed by atoms with Crippen LogP contribution in [0.4, 0.5) is 0 Å². The first kappa shape index (κ1) is 20.6. The molecule has 1 heterocycles. The van der Waals surface area contributed by atoms with Crippen LogP contribution in [0.5, 0.6) is 23.0 Å². The van der Waals surface area contributed by atoms with Crippen molar-refractivity contribution in [2.24, 2.45) is 5.73 Å². The van der Waals surface area contributed by atoms with Crippen molar-refractivity contribution in [2.45, 2.75) is 12.3 Å². The van der Waals surface area contributed by atoms with E-state index < -0.39 is 29.1 Å². The van der Waals surface area contributed by atoms with E-state index in [2.05, 4.69) is 9.72 Å². The smallest absolute Gasteiger partial charge is 0.343 e. The Hall–Kier alpha value is -3.69. The van der Waals surface area contributed by atoms with Crippen LogP contribution < -0.4 is 20.8 Å². The minimum Gasteiger partial charge on any atom is -0.506 e. The lowest BCUT2D eigenvalue weighted by Gasteiger charge is -2.20. The van der Waals surface area contributed by atoms with E-state index in [9.17, 15) is 24.6 Å². The predicted molar refractivity (Wildman–Crippen MR) is 96.9 cm³/mol. The Morgan fingerprint density at radius 2 is 1.68 bits per heavy atom. The average molecular weight is 392 g/mol. The van der Waals surface area contributed by atoms with Gasteiger partial charge in [0.25, 0.3) is 5.56 Å². The summed E-state index contributed by atoms with van der Waals surface area (Å²) < 4.78 is 14.8. The van der Waals surface area contributed by atoms with Gasteiger partial charge in [0, 0.05) is 18.5 Å². The summed E-state index contributed by atoms with van der Waals surface area (Å²) in [7, 11) is 3.73. The molecule has 0 bridgehead atoms. The molecule has 0 fully saturated rings. The highest BCUT2D eigenvalue weighted by molar-refractivity contribution is 5.92. The van der Waals surface area contributed by atoms with Crippen molar-refractivity contribution in [3.63, 3.8) is 0 Å². The molecule has 0 aliphatic heterocycles. The topological polar surface area (TPSA) is 161 Å². The van der Waals surface area contributed by atoms with Gasteiger partial charge in [-0.2, -0.15) is 0 Å². The van der Waals surface area contributed by atoms with Crippen LogP contribution in [0.3, 0.4) is 0 Å². The molecule has 28 heavy (non-hydrogen) atoms. The number of phenols is 1. The van der Waals surface area contributed by atoms with E-state index in [1.807, 2.05) is 0 Å². The Morgan fingerprint density at radius 1 is 1.11 bits per heavy atom. The van der Waals surface area contributed by atoms with Crippen LogP contribution in [0, 0.1) is 0 Å². The monoisotopic (exact) mass is 392 g/mol. The zero-order valence-corrected chi connectivity index (χ0v) is 15.4. The standard InChI is InChI=1S/C18H20N2O8/c1-26-11-4-8(5-12(27-2)16(11)23)9(6-13(19)21)14-15(22)10(18(25)28-3)7-20-17(14)24/h4-5,7,9,23H,6H2,1-3H3,(H2,19,21)(H2,20,22,24)/t9-/m1/s1. The summed E-state index contributed by atoms with van der Waals surface area (Å²) in [5.74, 6) is -3.60. The fourth-order valence-electron chi connectivity index (χ4n) is 2.83. The second-order valence-electron chi connectivity index (χ2n) is 5.78. The first-order valence-corrected chi connectivity index (χ1v) is 8.01. The molecule has 1 aromatic heterocycles. The molecule has 1 aromatic carbocycles. The Kier molecular flexibility index (Phi) is 6.14. The molecule has 0 radical (unpaired) electrons. The fraction of sp³-hybridized carbons (Fsp3) is 0.278. The molecular weight excluding hydrogens is 372 g/mol. The van der Waals surface area contributed by atoms with E-state index in [4.69, 9.17) is 15.2 Å². The number of rotatable bonds is 7. The highest BCUT2D eigenvalue weighted by Gasteiger charge is 2.29. The van der Waals surface area contributed by atoms with Gasteiger partial charge < -0.3 is 35.1 Å². The molecule has 2 rings (SSSR count). The quantitative estimate of drug-likeness (QED) is 0.498. The second-order valence-corrected chi connectivity index (χ2v) is 5.78. The molecule has 150 valence electrons. The molecule has 0 spiro atoms. The van der Waals surface area contributed by atoms with Crippen molar-refractivity contribution in [3.05, 3.63) is 45.4 Å². The average Bonchev–Trinajstić information content (AvgIpc) is 2.66. The van der Waals surface area contributed by atoms with E-state index in [1.54, 1.807) is 0 Å². The Morgan fingerprint density at radius 3 is 2.14 bits per heavy atom. The van der Waals surface area contributed by atoms with Crippen LogP contribution in [0.1, 0.15) is 33.8 Å². The number of amides is 1. The molecule has 0 aliphatic rings. The van der Waals surface area contributed by atoms with Crippen molar-refractivity contribution in [2.75, 3.05) is 21.3 Å². The third kappa shape index (κ3) is 3.85. The molecule has 2 aromatic rings. The molecule has 1 amide bonds. The number of carbonyl (C=O) groups is 2. The van der Waals surface area contributed by atoms with Gasteiger partial charge in [-0.15, -0.1) is 0 Å². The normalized spacial score (nSPS) is 11.5. The van der Waals surface area contributed by atoms with Crippen molar-refractivity contribution in [1.82, 2.24) is 4.98 Å². The summed E-state index contributed by atoms with van der Waals surface area (Å²) in [6.45, 7) is 0. The summed E-state index contributed by atoms with van der Waals surface area (Å²) in [4.78, 5) is 38.3. The maximum Gasteiger partial charge on any atom is 0.343 e. The van der Waals surface area contributed by atoms with Crippen LogP contribution >= 0.6 is 0 Å². The number of H-pyrrole nitrogens is 1. The lowest BCUT2D eigenvalue weighted by molar-refractivity contribution is -0.118. The number of aromatic nitrogens is 1. The van der Waals surface area contributed by atoms with Crippen molar-refractivity contribution in [1.29, 1.82) is 0 Å². The largest absolute Gasteiger partial charge is 0.506 e. The van der Waals surface area contributed by atoms with Crippen LogP contribution in [-0.4, -0.2) is 48.4 Å². The number of pyridine rings is 1. The second kappa shape index (κ2) is 8.33. The minimum atomic E-state index is -1.06. The number of primary amides is 1. The number of ether oxygens (including phenoxy) is 3. The molecule has 0 saturated heterocycles. The number of esters is 1. The lowest BCUT2D eigenvalue weighted by Crippen LogP contribution is -2.24. The van der Waals surface area contributed by atoms with E-state index in [0.717, 1.165) is 13.3 Å². The summed E-state index contributed by atoms with van der Waals surface area (Å²) in [5, 5.41) is 20.6. The Labute approximate surface area is 159 Å². The van der Waals surface area contributed by atoms with Crippen molar-refractivity contribution >= 4 is 11.9 Å². The van der Waals surface area contributed by atoms with Gasteiger partial charge in [-0.3, -0.25) is 9.59 Å². The predicted octanol–water partition coefficient (Wildman–Crippen LogP) is 0.597. The van der Waals surface area contributed by atoms with Gasteiger partial charge in [-0.25, -0.2) is 4.79 Å². The molecule has 1 atom stereocenters. The zero-order chi connectivity index (χ0) is 21.0. The van der Waals surface area contributed by atoms with Crippen molar-refractivity contribution < 1.29 is 34.0 Å². The number of hydrogen-bond acceptors (Lipinski definition) is 8. The van der Waals surface area contributed by atoms with E-state index >= 15 is 0 Å². The first-order valence-electron chi connectivity index (χ1n) is 8.01. The number of aromatic amines is 1. The summed E-state index contributed by atoms with van der Waals surface area (Å²) in [6.07, 6.45) is 0.630. The SMILES string of the molecule is COC(=O)c1c[nH]c(=O)c([C@H](CC(N)=O)c2cc(OC)c(O)c(OC)c2)c1O. The molecule has 0 saturated carbocycles. The number of benzene rings is 1. The van der Waals surface area contributed by atoms with Gasteiger partial charge in [-0.05, 0) is 17.7 Å². The summed E-state index contributed by atoms with van der Waals surface area (Å²) in [5.41, 5.74) is 4.32. The summed E-state index contributed by atoms with van der Waals surface area (Å²) >= 11 is 0. The zero-order valence-electron chi connectivity index (χ0n) is 15.4. The van der Waals surface area contributed by atoms with Gasteiger partial charge in [0.2, 0.25) is 11.7 Å². The van der Waals surface area contributed by atoms with Gasteiger partial charge in [0.05, 0.1) is 26.9 Å². The highest BCUT2D eigenvalue weighted by Crippen LogP contribution is 2.42. The summed E-state index contributed by atoms with van der Waals surface area (Å²) in [6, 6.07) is 2.74. The number of nitrogens with two attached hydrogens (primary N) is 1. The van der Waals surface area contributed by atoms with Gasteiger partial charge in [0.1, 0.15) is 11.3 Å². The van der Waals surface area contributed by atoms with E-state index in [1.165, 1.54) is 26.4 Å². The molecule has 0 aliphatic carbocycles. The van der Waals surface area contributed by atoms with Gasteiger partial charge in [0.15, 0.2) is 11.5 Å². The number of hydrogen-bond donors (Lipinski definition) is 4. The lowest BCUT2D eigenvalue weighted by atomic mass is 9.87. The maximum absolute atomic E-state index is 12.4. The van der Waals surface area contributed by atoms with Gasteiger partial charge >= 0.3 is 5.97 Å². The van der Waals surface area contributed by atoms with Crippen LogP contribution in [0.25, 0.3) is 0 Å². The Balaban J connectivity index is 2.78. The molecule has 10 heteroatoms. The maximum atomic E-state index is 12.4. The highest BCUT2D eigenvalue weighted by atomic mass is 16.5.